The molecule has 3 aliphatic rings. The highest BCUT2D eigenvalue weighted by Crippen LogP contribution is 2.45. The SMILES string of the molecule is O=C([C@H]1CN(Cc2cccnc2)CC12CCOCC2)N1CCOCC1. The van der Waals surface area contributed by atoms with Gasteiger partial charge in [0.1, 0.15) is 0 Å². The third kappa shape index (κ3) is 3.57. The van der Waals surface area contributed by atoms with Gasteiger partial charge in [0.05, 0.1) is 19.1 Å². The van der Waals surface area contributed by atoms with E-state index in [9.17, 15) is 4.79 Å². The van der Waals surface area contributed by atoms with E-state index in [1.165, 1.54) is 5.56 Å². The molecular formula is C19H27N3O3. The summed E-state index contributed by atoms with van der Waals surface area (Å²) in [7, 11) is 0. The lowest BCUT2D eigenvalue weighted by Gasteiger charge is -2.40. The van der Waals surface area contributed by atoms with Gasteiger partial charge in [0.15, 0.2) is 0 Å². The van der Waals surface area contributed by atoms with Crippen molar-refractivity contribution in [1.82, 2.24) is 14.8 Å². The van der Waals surface area contributed by atoms with Crippen LogP contribution in [0.3, 0.4) is 0 Å². The topological polar surface area (TPSA) is 54.9 Å². The van der Waals surface area contributed by atoms with E-state index in [0.29, 0.717) is 19.1 Å². The third-order valence-corrected chi connectivity index (χ3v) is 5.96. The summed E-state index contributed by atoms with van der Waals surface area (Å²) in [6.07, 6.45) is 5.69. The average Bonchev–Trinajstić information content (AvgIpc) is 3.00. The monoisotopic (exact) mass is 345 g/mol. The van der Waals surface area contributed by atoms with Crippen LogP contribution >= 0.6 is 0 Å². The molecule has 0 N–H and O–H groups in total. The number of hydrogen-bond donors (Lipinski definition) is 0. The maximum atomic E-state index is 13.3. The number of rotatable bonds is 3. The van der Waals surface area contributed by atoms with Gasteiger partial charge in [-0.05, 0) is 24.5 Å². The molecule has 0 aromatic carbocycles. The van der Waals surface area contributed by atoms with Crippen molar-refractivity contribution in [3.05, 3.63) is 30.1 Å². The number of carbonyl (C=O) groups excluding carboxylic acids is 1. The van der Waals surface area contributed by atoms with Crippen LogP contribution in [0.2, 0.25) is 0 Å². The van der Waals surface area contributed by atoms with Gasteiger partial charge >= 0.3 is 0 Å². The highest BCUT2D eigenvalue weighted by atomic mass is 16.5. The molecule has 1 amide bonds. The number of likely N-dealkylation sites (tertiary alicyclic amines) is 1. The maximum absolute atomic E-state index is 13.3. The summed E-state index contributed by atoms with van der Waals surface area (Å²) < 4.78 is 11.0. The van der Waals surface area contributed by atoms with E-state index in [4.69, 9.17) is 9.47 Å². The van der Waals surface area contributed by atoms with Crippen LogP contribution in [-0.2, 0) is 20.8 Å². The first-order chi connectivity index (χ1) is 12.3. The van der Waals surface area contributed by atoms with Gasteiger partial charge in [0.25, 0.3) is 0 Å². The minimum Gasteiger partial charge on any atom is -0.381 e. The van der Waals surface area contributed by atoms with Crippen LogP contribution in [0.25, 0.3) is 0 Å². The molecule has 0 saturated carbocycles. The maximum Gasteiger partial charge on any atom is 0.227 e. The Bertz CT molecular complexity index is 583. The second-order valence-electron chi connectivity index (χ2n) is 7.50. The minimum atomic E-state index is 0.0653. The number of pyridine rings is 1. The highest BCUT2D eigenvalue weighted by molar-refractivity contribution is 5.80. The molecule has 0 bridgehead atoms. The summed E-state index contributed by atoms with van der Waals surface area (Å²) in [5.74, 6) is 0.394. The van der Waals surface area contributed by atoms with Crippen LogP contribution in [0.5, 0.6) is 0 Å². The van der Waals surface area contributed by atoms with Gasteiger partial charge in [-0.1, -0.05) is 6.07 Å². The van der Waals surface area contributed by atoms with Gasteiger partial charge < -0.3 is 14.4 Å². The molecule has 1 spiro atoms. The quantitative estimate of drug-likeness (QED) is 0.823. The van der Waals surface area contributed by atoms with Crippen LogP contribution in [0, 0.1) is 11.3 Å². The Balaban J connectivity index is 1.51. The van der Waals surface area contributed by atoms with Crippen molar-refractivity contribution in [2.75, 3.05) is 52.6 Å². The van der Waals surface area contributed by atoms with Crippen molar-refractivity contribution in [3.8, 4) is 0 Å². The molecule has 136 valence electrons. The zero-order valence-corrected chi connectivity index (χ0v) is 14.7. The molecule has 0 aliphatic carbocycles. The largest absolute Gasteiger partial charge is 0.381 e. The van der Waals surface area contributed by atoms with Crippen LogP contribution < -0.4 is 0 Å². The van der Waals surface area contributed by atoms with E-state index in [1.54, 1.807) is 6.20 Å². The molecule has 6 nitrogen and oxygen atoms in total. The fourth-order valence-corrected chi connectivity index (χ4v) is 4.57. The van der Waals surface area contributed by atoms with Gasteiger partial charge in [-0.2, -0.15) is 0 Å². The van der Waals surface area contributed by atoms with Crippen LogP contribution in [0.1, 0.15) is 18.4 Å². The van der Waals surface area contributed by atoms with Crippen molar-refractivity contribution in [2.45, 2.75) is 19.4 Å². The summed E-state index contributed by atoms with van der Waals surface area (Å²) in [5, 5.41) is 0. The predicted molar refractivity (Wildman–Crippen MR) is 92.9 cm³/mol. The summed E-state index contributed by atoms with van der Waals surface area (Å²) in [6, 6.07) is 4.09. The average molecular weight is 345 g/mol. The third-order valence-electron chi connectivity index (χ3n) is 5.96. The van der Waals surface area contributed by atoms with E-state index in [-0.39, 0.29) is 11.3 Å². The van der Waals surface area contributed by atoms with Gasteiger partial charge in [0, 0.05) is 63.7 Å². The zero-order valence-electron chi connectivity index (χ0n) is 14.7. The van der Waals surface area contributed by atoms with Gasteiger partial charge in [-0.25, -0.2) is 0 Å². The van der Waals surface area contributed by atoms with Gasteiger partial charge in [-0.15, -0.1) is 0 Å². The van der Waals surface area contributed by atoms with Crippen molar-refractivity contribution in [3.63, 3.8) is 0 Å². The summed E-state index contributed by atoms with van der Waals surface area (Å²) in [5.41, 5.74) is 1.28. The Hall–Kier alpha value is -1.50. The summed E-state index contributed by atoms with van der Waals surface area (Å²) in [6.45, 7) is 7.00. The molecule has 0 unspecified atom stereocenters. The first-order valence-corrected chi connectivity index (χ1v) is 9.32. The molecule has 3 fully saturated rings. The summed E-state index contributed by atoms with van der Waals surface area (Å²) in [4.78, 5) is 21.9. The first kappa shape index (κ1) is 16.9. The molecular weight excluding hydrogens is 318 g/mol. The lowest BCUT2D eigenvalue weighted by Crippen LogP contribution is -2.49. The Morgan fingerprint density at radius 2 is 1.96 bits per heavy atom. The van der Waals surface area contributed by atoms with Crippen LogP contribution in [0.4, 0.5) is 0 Å². The van der Waals surface area contributed by atoms with Crippen molar-refractivity contribution in [2.24, 2.45) is 11.3 Å². The Morgan fingerprint density at radius 3 is 2.68 bits per heavy atom. The number of carbonyl (C=O) groups is 1. The van der Waals surface area contributed by atoms with Crippen molar-refractivity contribution >= 4 is 5.91 Å². The van der Waals surface area contributed by atoms with Crippen LogP contribution in [-0.4, -0.2) is 73.3 Å². The van der Waals surface area contributed by atoms with Gasteiger partial charge in [-0.3, -0.25) is 14.7 Å². The molecule has 1 aromatic rings. The van der Waals surface area contributed by atoms with Crippen LogP contribution in [0.15, 0.2) is 24.5 Å². The number of amides is 1. The zero-order chi connectivity index (χ0) is 17.1. The second-order valence-corrected chi connectivity index (χ2v) is 7.50. The van der Waals surface area contributed by atoms with E-state index in [0.717, 1.165) is 58.8 Å². The fraction of sp³-hybridized carbons (Fsp3) is 0.684. The van der Waals surface area contributed by atoms with Crippen molar-refractivity contribution in [1.29, 1.82) is 0 Å². The molecule has 4 heterocycles. The molecule has 6 heteroatoms. The molecule has 1 atom stereocenters. The second kappa shape index (κ2) is 7.40. The fourth-order valence-electron chi connectivity index (χ4n) is 4.57. The molecule has 0 radical (unpaired) electrons. The highest BCUT2D eigenvalue weighted by Gasteiger charge is 2.51. The van der Waals surface area contributed by atoms with E-state index in [2.05, 4.69) is 16.0 Å². The molecule has 4 rings (SSSR count). The molecule has 1 aromatic heterocycles. The Morgan fingerprint density at radius 1 is 1.20 bits per heavy atom. The normalized spacial score (nSPS) is 26.9. The smallest absolute Gasteiger partial charge is 0.227 e. The molecule has 3 saturated heterocycles. The lowest BCUT2D eigenvalue weighted by atomic mass is 9.71. The van der Waals surface area contributed by atoms with E-state index in [1.807, 2.05) is 17.2 Å². The van der Waals surface area contributed by atoms with Gasteiger partial charge in [0.2, 0.25) is 5.91 Å². The molecule has 25 heavy (non-hydrogen) atoms. The lowest BCUT2D eigenvalue weighted by molar-refractivity contribution is -0.144. The Labute approximate surface area is 149 Å². The number of aromatic nitrogens is 1. The summed E-state index contributed by atoms with van der Waals surface area (Å²) >= 11 is 0. The first-order valence-electron chi connectivity index (χ1n) is 9.32. The van der Waals surface area contributed by atoms with E-state index >= 15 is 0 Å². The van der Waals surface area contributed by atoms with Crippen molar-refractivity contribution < 1.29 is 14.3 Å². The Kier molecular flexibility index (Phi) is 5.01. The number of hydrogen-bond acceptors (Lipinski definition) is 5. The van der Waals surface area contributed by atoms with E-state index < -0.39 is 0 Å². The number of ether oxygens (including phenoxy) is 2. The molecule has 3 aliphatic heterocycles. The predicted octanol–water partition coefficient (Wildman–Crippen LogP) is 1.17. The number of nitrogens with zero attached hydrogens (tertiary/aromatic N) is 3. The number of morpholine rings is 1. The minimum absolute atomic E-state index is 0.0653. The standard InChI is InChI=1S/C19H27N3O3/c23-18(22-6-10-25-11-7-22)17-14-21(13-16-2-1-5-20-12-16)15-19(17)3-8-24-9-4-19/h1-2,5,12,17H,3-4,6-11,13-15H2/t17-/m1/s1.